The molecule has 2 aromatic rings. The van der Waals surface area contributed by atoms with E-state index in [0.29, 0.717) is 20.1 Å². The smallest absolute Gasteiger partial charge is 0.198 e. The molecule has 0 saturated heterocycles. The summed E-state index contributed by atoms with van der Waals surface area (Å²) in [6.07, 6.45) is 0. The zero-order valence-electron chi connectivity index (χ0n) is 10.9. The highest BCUT2D eigenvalue weighted by Gasteiger charge is 2.23. The van der Waals surface area contributed by atoms with Crippen molar-refractivity contribution in [1.29, 1.82) is 0 Å². The Morgan fingerprint density at radius 1 is 0.818 bits per heavy atom. The molecule has 0 aliphatic carbocycles. The molecule has 2 aromatic carbocycles. The second kappa shape index (κ2) is 7.64. The molecular formula is C15H8Br4F2O. The molecule has 22 heavy (non-hydrogen) atoms. The van der Waals surface area contributed by atoms with Crippen LogP contribution in [0.4, 0.5) is 8.78 Å². The Bertz CT molecular complexity index is 685. The molecule has 0 saturated carbocycles. The molecule has 0 spiro atoms. The minimum Gasteiger partial charge on any atom is -0.288 e. The lowest BCUT2D eigenvalue weighted by Gasteiger charge is -2.11. The summed E-state index contributed by atoms with van der Waals surface area (Å²) in [7, 11) is 0. The first-order valence-electron chi connectivity index (χ1n) is 6.02. The zero-order valence-corrected chi connectivity index (χ0v) is 17.2. The molecule has 0 heterocycles. The second-order valence-corrected chi connectivity index (χ2v) is 7.20. The van der Waals surface area contributed by atoms with Gasteiger partial charge in [0.25, 0.3) is 0 Å². The van der Waals surface area contributed by atoms with Crippen LogP contribution in [-0.4, -0.2) is 5.78 Å². The Kier molecular flexibility index (Phi) is 6.33. The maximum Gasteiger partial charge on any atom is 0.198 e. The molecule has 0 aliphatic rings. The SMILES string of the molecule is O=C(c1ccc(Br)c(CBr)c1F)c1ccc(Br)c(CBr)c1F. The third-order valence-corrected chi connectivity index (χ3v) is 5.74. The molecule has 0 bridgehead atoms. The number of ketones is 1. The molecule has 0 fully saturated rings. The van der Waals surface area contributed by atoms with Crippen molar-refractivity contribution in [2.45, 2.75) is 10.7 Å². The highest BCUT2D eigenvalue weighted by molar-refractivity contribution is 9.11. The third-order valence-electron chi connectivity index (χ3n) is 3.13. The molecule has 1 nitrogen and oxygen atoms in total. The molecule has 0 aromatic heterocycles. The van der Waals surface area contributed by atoms with Crippen LogP contribution in [-0.2, 0) is 10.7 Å². The largest absolute Gasteiger partial charge is 0.288 e. The normalized spacial score (nSPS) is 10.8. The monoisotopic (exact) mass is 558 g/mol. The average molecular weight is 562 g/mol. The van der Waals surface area contributed by atoms with Crippen molar-refractivity contribution in [3.8, 4) is 0 Å². The molecular weight excluding hydrogens is 554 g/mol. The molecule has 7 heteroatoms. The van der Waals surface area contributed by atoms with E-state index in [1.807, 2.05) is 0 Å². The summed E-state index contributed by atoms with van der Waals surface area (Å²) < 4.78 is 30.0. The van der Waals surface area contributed by atoms with Crippen molar-refractivity contribution in [3.63, 3.8) is 0 Å². The van der Waals surface area contributed by atoms with Gasteiger partial charge < -0.3 is 0 Å². The fraction of sp³-hybridized carbons (Fsp3) is 0.133. The molecule has 0 aliphatic heterocycles. The number of hydrogen-bond acceptors (Lipinski definition) is 1. The van der Waals surface area contributed by atoms with Gasteiger partial charge in [0.1, 0.15) is 11.6 Å². The molecule has 2 rings (SSSR count). The fourth-order valence-corrected chi connectivity index (χ4v) is 4.68. The van der Waals surface area contributed by atoms with E-state index in [0.717, 1.165) is 0 Å². The van der Waals surface area contributed by atoms with E-state index in [2.05, 4.69) is 63.7 Å². The predicted octanol–water partition coefficient (Wildman–Crippen LogP) is 6.51. The minimum absolute atomic E-state index is 0.153. The van der Waals surface area contributed by atoms with Crippen molar-refractivity contribution in [3.05, 3.63) is 67.1 Å². The van der Waals surface area contributed by atoms with Gasteiger partial charge in [-0.15, -0.1) is 0 Å². The molecule has 0 radical (unpaired) electrons. The Labute approximate surface area is 160 Å². The first kappa shape index (κ1) is 18.2. The predicted molar refractivity (Wildman–Crippen MR) is 96.9 cm³/mol. The summed E-state index contributed by atoms with van der Waals surface area (Å²) in [5.74, 6) is -1.99. The van der Waals surface area contributed by atoms with E-state index in [1.54, 1.807) is 12.1 Å². The van der Waals surface area contributed by atoms with Crippen LogP contribution < -0.4 is 0 Å². The number of carbonyl (C=O) groups is 1. The minimum atomic E-state index is -0.681. The van der Waals surface area contributed by atoms with Gasteiger partial charge in [-0.3, -0.25) is 4.79 Å². The lowest BCUT2D eigenvalue weighted by atomic mass is 9.99. The van der Waals surface area contributed by atoms with Crippen LogP contribution >= 0.6 is 63.7 Å². The first-order chi connectivity index (χ1) is 10.4. The molecule has 0 N–H and O–H groups in total. The number of halogens is 6. The summed E-state index contributed by atoms with van der Waals surface area (Å²) in [6.45, 7) is 0. The van der Waals surface area contributed by atoms with Gasteiger partial charge in [0.15, 0.2) is 5.78 Å². The maximum absolute atomic E-state index is 14.4. The standard InChI is InChI=1S/C15H8Br4F2O/c16-5-9-11(18)3-1-7(13(9)20)15(22)8-2-4-12(19)10(6-17)14(8)21/h1-4H,5-6H2. The van der Waals surface area contributed by atoms with Crippen LogP contribution in [0.3, 0.4) is 0 Å². The number of rotatable bonds is 4. The fourth-order valence-electron chi connectivity index (χ4n) is 1.94. The molecule has 0 atom stereocenters. The summed E-state index contributed by atoms with van der Waals surface area (Å²) in [5, 5.41) is 0.492. The Hall–Kier alpha value is -0.110. The average Bonchev–Trinajstić information content (AvgIpc) is 2.48. The Balaban J connectivity index is 2.59. The van der Waals surface area contributed by atoms with E-state index in [1.165, 1.54) is 12.1 Å². The third kappa shape index (κ3) is 3.37. The van der Waals surface area contributed by atoms with Crippen LogP contribution in [0.5, 0.6) is 0 Å². The van der Waals surface area contributed by atoms with Gasteiger partial charge in [0.2, 0.25) is 0 Å². The molecule has 0 amide bonds. The van der Waals surface area contributed by atoms with Crippen LogP contribution in [0.1, 0.15) is 27.0 Å². The van der Waals surface area contributed by atoms with E-state index in [-0.39, 0.29) is 21.8 Å². The van der Waals surface area contributed by atoms with Gasteiger partial charge in [-0.25, -0.2) is 8.78 Å². The van der Waals surface area contributed by atoms with Crippen LogP contribution in [0.15, 0.2) is 33.2 Å². The van der Waals surface area contributed by atoms with Crippen molar-refractivity contribution in [2.24, 2.45) is 0 Å². The number of alkyl halides is 2. The zero-order chi connectivity index (χ0) is 16.4. The van der Waals surface area contributed by atoms with E-state index < -0.39 is 17.4 Å². The van der Waals surface area contributed by atoms with Crippen molar-refractivity contribution >= 4 is 69.5 Å². The van der Waals surface area contributed by atoms with Gasteiger partial charge in [-0.2, -0.15) is 0 Å². The summed E-state index contributed by atoms with van der Waals surface area (Å²) in [4.78, 5) is 12.5. The molecule has 116 valence electrons. The Morgan fingerprint density at radius 3 is 1.50 bits per heavy atom. The van der Waals surface area contributed by atoms with Crippen LogP contribution in [0.2, 0.25) is 0 Å². The number of hydrogen-bond donors (Lipinski definition) is 0. The Morgan fingerprint density at radius 2 is 1.18 bits per heavy atom. The lowest BCUT2D eigenvalue weighted by Crippen LogP contribution is -2.10. The summed E-state index contributed by atoms with van der Waals surface area (Å²) in [5.41, 5.74) is 0.340. The first-order valence-corrected chi connectivity index (χ1v) is 9.85. The topological polar surface area (TPSA) is 17.1 Å². The van der Waals surface area contributed by atoms with Gasteiger partial charge in [0.05, 0.1) is 11.1 Å². The highest BCUT2D eigenvalue weighted by atomic mass is 79.9. The van der Waals surface area contributed by atoms with Crippen molar-refractivity contribution in [1.82, 2.24) is 0 Å². The van der Waals surface area contributed by atoms with Crippen LogP contribution in [0, 0.1) is 11.6 Å². The van der Waals surface area contributed by atoms with Crippen molar-refractivity contribution in [2.75, 3.05) is 0 Å². The van der Waals surface area contributed by atoms with Gasteiger partial charge in [0, 0.05) is 30.7 Å². The van der Waals surface area contributed by atoms with Gasteiger partial charge in [-0.05, 0) is 24.3 Å². The van der Waals surface area contributed by atoms with Gasteiger partial charge >= 0.3 is 0 Å². The lowest BCUT2D eigenvalue weighted by molar-refractivity contribution is 0.103. The number of carbonyl (C=O) groups excluding carboxylic acids is 1. The van der Waals surface area contributed by atoms with E-state index in [4.69, 9.17) is 0 Å². The second-order valence-electron chi connectivity index (χ2n) is 4.37. The summed E-state index contributed by atoms with van der Waals surface area (Å²) in [6, 6.07) is 5.86. The van der Waals surface area contributed by atoms with E-state index >= 15 is 0 Å². The maximum atomic E-state index is 14.4. The molecule has 0 unspecified atom stereocenters. The number of benzene rings is 2. The quantitative estimate of drug-likeness (QED) is 0.307. The van der Waals surface area contributed by atoms with E-state index in [9.17, 15) is 13.6 Å². The van der Waals surface area contributed by atoms with Gasteiger partial charge in [-0.1, -0.05) is 63.7 Å². The summed E-state index contributed by atoms with van der Waals surface area (Å²) >= 11 is 12.8. The van der Waals surface area contributed by atoms with Crippen LogP contribution in [0.25, 0.3) is 0 Å². The van der Waals surface area contributed by atoms with Crippen molar-refractivity contribution < 1.29 is 13.6 Å². The highest BCUT2D eigenvalue weighted by Crippen LogP contribution is 2.29.